The predicted octanol–water partition coefficient (Wildman–Crippen LogP) is 3.17. The third-order valence-electron chi connectivity index (χ3n) is 7.11. The molecule has 0 aromatic carbocycles. The Balaban J connectivity index is 1.28. The molecule has 9 nitrogen and oxygen atoms in total. The van der Waals surface area contributed by atoms with Crippen LogP contribution in [0.5, 0.6) is 5.75 Å². The highest BCUT2D eigenvalue weighted by atomic mass is 16.5. The minimum Gasteiger partial charge on any atom is -0.492 e. The number of hydrogen-bond donors (Lipinski definition) is 1. The largest absolute Gasteiger partial charge is 0.492 e. The molecule has 2 unspecified atom stereocenters. The Bertz CT molecular complexity index is 1180. The minimum absolute atomic E-state index is 0.127. The average molecular weight is 493 g/mol. The van der Waals surface area contributed by atoms with Gasteiger partial charge in [0.2, 0.25) is 5.91 Å². The molecule has 2 saturated heterocycles. The maximum absolute atomic E-state index is 12.0. The number of hydrogen-bond acceptors (Lipinski definition) is 7. The SMILES string of the molecule is CC(=O)N1C(C)CN(c2cccc(-c3c[nH]c4ncc(OCCCN5CCOCC5)cc34)n2)CC1C. The molecule has 2 atom stereocenters. The number of H-pyrrole nitrogens is 1. The van der Waals surface area contributed by atoms with Gasteiger partial charge >= 0.3 is 0 Å². The highest BCUT2D eigenvalue weighted by molar-refractivity contribution is 5.93. The molecule has 5 rings (SSSR count). The number of anilines is 1. The summed E-state index contributed by atoms with van der Waals surface area (Å²) in [5, 5.41) is 0.994. The number of morpholine rings is 1. The van der Waals surface area contributed by atoms with Crippen molar-refractivity contribution in [3.63, 3.8) is 0 Å². The number of aromatic nitrogens is 3. The summed E-state index contributed by atoms with van der Waals surface area (Å²) in [5.41, 5.74) is 2.70. The topological polar surface area (TPSA) is 86.8 Å². The fourth-order valence-electron chi connectivity index (χ4n) is 5.46. The number of amides is 1. The molecule has 3 aromatic rings. The van der Waals surface area contributed by atoms with Crippen molar-refractivity contribution in [3.05, 3.63) is 36.7 Å². The lowest BCUT2D eigenvalue weighted by Crippen LogP contribution is -2.58. The lowest BCUT2D eigenvalue weighted by molar-refractivity contribution is -0.133. The van der Waals surface area contributed by atoms with Gasteiger partial charge < -0.3 is 24.3 Å². The summed E-state index contributed by atoms with van der Waals surface area (Å²) in [5.74, 6) is 1.82. The molecule has 192 valence electrons. The molecular formula is C27H36N6O3. The first kappa shape index (κ1) is 24.5. The maximum atomic E-state index is 12.0. The number of nitrogens with one attached hydrogen (secondary N) is 1. The molecular weight excluding hydrogens is 456 g/mol. The number of piperazine rings is 1. The Morgan fingerprint density at radius 3 is 2.72 bits per heavy atom. The smallest absolute Gasteiger partial charge is 0.220 e. The number of pyridine rings is 2. The van der Waals surface area contributed by atoms with Crippen LogP contribution in [0.1, 0.15) is 27.2 Å². The second-order valence-electron chi connectivity index (χ2n) is 9.84. The molecule has 0 saturated carbocycles. The van der Waals surface area contributed by atoms with Crippen LogP contribution in [-0.4, -0.2) is 95.3 Å². The normalized spacial score (nSPS) is 21.2. The van der Waals surface area contributed by atoms with Crippen molar-refractivity contribution in [2.24, 2.45) is 0 Å². The van der Waals surface area contributed by atoms with E-state index in [0.29, 0.717) is 6.61 Å². The first-order valence-corrected chi connectivity index (χ1v) is 12.9. The van der Waals surface area contributed by atoms with Crippen molar-refractivity contribution in [2.75, 3.05) is 57.4 Å². The number of fused-ring (bicyclic) bond motifs is 1. The second-order valence-corrected chi connectivity index (χ2v) is 9.84. The molecule has 0 radical (unpaired) electrons. The molecule has 2 aliphatic rings. The van der Waals surface area contributed by atoms with E-state index in [4.69, 9.17) is 14.5 Å². The minimum atomic E-state index is 0.127. The first-order chi connectivity index (χ1) is 17.5. The van der Waals surface area contributed by atoms with Crippen LogP contribution in [0.4, 0.5) is 5.82 Å². The summed E-state index contributed by atoms with van der Waals surface area (Å²) >= 11 is 0. The van der Waals surface area contributed by atoms with Gasteiger partial charge in [-0.15, -0.1) is 0 Å². The van der Waals surface area contributed by atoms with Crippen molar-refractivity contribution < 1.29 is 14.3 Å². The molecule has 1 N–H and O–H groups in total. The number of nitrogens with zero attached hydrogens (tertiary/aromatic N) is 5. The van der Waals surface area contributed by atoms with Gasteiger partial charge in [0, 0.05) is 68.9 Å². The van der Waals surface area contributed by atoms with Crippen LogP contribution in [0.2, 0.25) is 0 Å². The van der Waals surface area contributed by atoms with Gasteiger partial charge in [-0.25, -0.2) is 9.97 Å². The summed E-state index contributed by atoms with van der Waals surface area (Å²) in [6, 6.07) is 8.44. The molecule has 0 spiro atoms. The van der Waals surface area contributed by atoms with E-state index >= 15 is 0 Å². The third kappa shape index (κ3) is 5.32. The van der Waals surface area contributed by atoms with Gasteiger partial charge in [-0.2, -0.15) is 0 Å². The van der Waals surface area contributed by atoms with Gasteiger partial charge in [0.05, 0.1) is 31.7 Å². The van der Waals surface area contributed by atoms with Crippen molar-refractivity contribution in [1.82, 2.24) is 24.8 Å². The molecule has 9 heteroatoms. The molecule has 2 fully saturated rings. The highest BCUT2D eigenvalue weighted by Crippen LogP contribution is 2.31. The van der Waals surface area contributed by atoms with E-state index in [1.165, 1.54) is 0 Å². The summed E-state index contributed by atoms with van der Waals surface area (Å²) in [6.07, 6.45) is 4.71. The summed E-state index contributed by atoms with van der Waals surface area (Å²) in [7, 11) is 0. The van der Waals surface area contributed by atoms with E-state index in [2.05, 4.69) is 33.6 Å². The second kappa shape index (κ2) is 10.8. The van der Waals surface area contributed by atoms with Crippen molar-refractivity contribution in [2.45, 2.75) is 39.3 Å². The number of rotatable bonds is 7. The van der Waals surface area contributed by atoms with E-state index in [1.54, 1.807) is 13.1 Å². The molecule has 0 aliphatic carbocycles. The van der Waals surface area contributed by atoms with Crippen LogP contribution in [0, 0.1) is 0 Å². The average Bonchev–Trinajstić information content (AvgIpc) is 3.30. The summed E-state index contributed by atoms with van der Waals surface area (Å²) in [4.78, 5) is 31.5. The number of carbonyl (C=O) groups excluding carboxylic acids is 1. The van der Waals surface area contributed by atoms with E-state index in [-0.39, 0.29) is 18.0 Å². The van der Waals surface area contributed by atoms with Gasteiger partial charge in [0.25, 0.3) is 0 Å². The number of aromatic amines is 1. The number of carbonyl (C=O) groups is 1. The summed E-state index contributed by atoms with van der Waals surface area (Å²) in [6.45, 7) is 12.7. The van der Waals surface area contributed by atoms with Gasteiger partial charge in [0.1, 0.15) is 17.2 Å². The Morgan fingerprint density at radius 1 is 1.19 bits per heavy atom. The van der Waals surface area contributed by atoms with Crippen LogP contribution in [-0.2, 0) is 9.53 Å². The fourth-order valence-corrected chi connectivity index (χ4v) is 5.46. The number of ether oxygens (including phenoxy) is 2. The Labute approximate surface area is 212 Å². The molecule has 0 bridgehead atoms. The Kier molecular flexibility index (Phi) is 7.38. The van der Waals surface area contributed by atoms with Crippen LogP contribution in [0.25, 0.3) is 22.3 Å². The quantitative estimate of drug-likeness (QED) is 0.507. The maximum Gasteiger partial charge on any atom is 0.220 e. The third-order valence-corrected chi connectivity index (χ3v) is 7.11. The zero-order valence-corrected chi connectivity index (χ0v) is 21.4. The van der Waals surface area contributed by atoms with Crippen LogP contribution in [0.15, 0.2) is 36.7 Å². The highest BCUT2D eigenvalue weighted by Gasteiger charge is 2.31. The first-order valence-electron chi connectivity index (χ1n) is 12.9. The van der Waals surface area contributed by atoms with Gasteiger partial charge in [-0.05, 0) is 38.5 Å². The van der Waals surface area contributed by atoms with Gasteiger partial charge in [0.15, 0.2) is 0 Å². The fraction of sp³-hybridized carbons (Fsp3) is 0.519. The van der Waals surface area contributed by atoms with E-state index in [1.807, 2.05) is 35.4 Å². The van der Waals surface area contributed by atoms with Crippen molar-refractivity contribution in [1.29, 1.82) is 0 Å². The van der Waals surface area contributed by atoms with Crippen LogP contribution >= 0.6 is 0 Å². The van der Waals surface area contributed by atoms with Crippen molar-refractivity contribution in [3.8, 4) is 17.0 Å². The van der Waals surface area contributed by atoms with E-state index < -0.39 is 0 Å². The van der Waals surface area contributed by atoms with Gasteiger partial charge in [-0.1, -0.05) is 6.07 Å². The van der Waals surface area contributed by atoms with E-state index in [9.17, 15) is 4.79 Å². The lowest BCUT2D eigenvalue weighted by Gasteiger charge is -2.44. The molecule has 3 aromatic heterocycles. The lowest BCUT2D eigenvalue weighted by atomic mass is 10.1. The predicted molar refractivity (Wildman–Crippen MR) is 140 cm³/mol. The van der Waals surface area contributed by atoms with E-state index in [0.717, 1.165) is 86.2 Å². The zero-order valence-electron chi connectivity index (χ0n) is 21.4. The van der Waals surface area contributed by atoms with Gasteiger partial charge in [-0.3, -0.25) is 9.69 Å². The van der Waals surface area contributed by atoms with Crippen LogP contribution in [0.3, 0.4) is 0 Å². The molecule has 2 aliphatic heterocycles. The van der Waals surface area contributed by atoms with Crippen LogP contribution < -0.4 is 9.64 Å². The zero-order chi connectivity index (χ0) is 25.1. The molecule has 5 heterocycles. The molecule has 1 amide bonds. The summed E-state index contributed by atoms with van der Waals surface area (Å²) < 4.78 is 11.5. The Morgan fingerprint density at radius 2 is 1.97 bits per heavy atom. The standard InChI is InChI=1S/C27H36N6O3/c1-19-17-32(18-20(2)33(19)21(3)34)26-7-4-6-25(30-26)24-16-29-27-23(24)14-22(15-28-27)36-11-5-8-31-9-12-35-13-10-31/h4,6-7,14-16,19-20H,5,8-13,17-18H2,1-3H3,(H,28,29). The monoisotopic (exact) mass is 492 g/mol. The molecule has 36 heavy (non-hydrogen) atoms. The van der Waals surface area contributed by atoms with Crippen molar-refractivity contribution >= 4 is 22.8 Å². The Hall–Kier alpha value is -3.17.